The van der Waals surface area contributed by atoms with E-state index in [9.17, 15) is 13.2 Å². The van der Waals surface area contributed by atoms with Crippen LogP contribution in [0.25, 0.3) is 0 Å². The highest BCUT2D eigenvalue weighted by atomic mass is 35.5. The van der Waals surface area contributed by atoms with Gasteiger partial charge in [-0.3, -0.25) is 4.79 Å². The van der Waals surface area contributed by atoms with Gasteiger partial charge in [0.1, 0.15) is 0 Å². The first-order chi connectivity index (χ1) is 9.12. The topological polar surface area (TPSA) is 89.3 Å². The van der Waals surface area contributed by atoms with Crippen molar-refractivity contribution in [2.24, 2.45) is 5.14 Å². The molecule has 5 nitrogen and oxygen atoms in total. The lowest BCUT2D eigenvalue weighted by Gasteiger charge is -2.39. The molecule has 0 atom stereocenters. The summed E-state index contributed by atoms with van der Waals surface area (Å²) >= 11 is 5.89. The van der Waals surface area contributed by atoms with Crippen LogP contribution in [-0.4, -0.2) is 19.9 Å². The molecule has 0 aliphatic heterocycles. The number of nitrogens with two attached hydrogens (primary N) is 1. The molecule has 0 spiro atoms. The second-order valence-corrected chi connectivity index (χ2v) is 7.46. The van der Waals surface area contributed by atoms with E-state index in [1.165, 1.54) is 12.1 Å². The Balaban J connectivity index is 2.41. The van der Waals surface area contributed by atoms with Crippen LogP contribution in [0.3, 0.4) is 0 Å². The fraction of sp³-hybridized carbons (Fsp3) is 0.462. The number of sulfonamides is 1. The zero-order valence-corrected chi connectivity index (χ0v) is 12.9. The van der Waals surface area contributed by atoms with E-state index in [0.29, 0.717) is 5.56 Å². The van der Waals surface area contributed by atoms with Gasteiger partial charge in [0.05, 0.1) is 4.90 Å². The average molecular weight is 317 g/mol. The Kier molecular flexibility index (Phi) is 3.83. The number of carbonyl (C=O) groups is 1. The van der Waals surface area contributed by atoms with Crippen molar-refractivity contribution in [3.63, 3.8) is 0 Å². The molecule has 0 heterocycles. The molecule has 1 aliphatic rings. The summed E-state index contributed by atoms with van der Waals surface area (Å²) in [5.74, 6) is -0.322. The summed E-state index contributed by atoms with van der Waals surface area (Å²) in [7, 11) is -3.91. The molecule has 1 aromatic rings. The third kappa shape index (κ3) is 2.97. The summed E-state index contributed by atoms with van der Waals surface area (Å²) in [6, 6.07) is 2.72. The molecule has 1 aromatic carbocycles. The Hall–Kier alpha value is -1.11. The monoisotopic (exact) mass is 316 g/mol. The van der Waals surface area contributed by atoms with E-state index in [-0.39, 0.29) is 26.9 Å². The molecule has 1 fully saturated rings. The molecule has 7 heteroatoms. The summed E-state index contributed by atoms with van der Waals surface area (Å²) in [6.07, 6.45) is 2.91. The average Bonchev–Trinajstić information content (AvgIpc) is 2.28. The summed E-state index contributed by atoms with van der Waals surface area (Å²) in [4.78, 5) is 12.2. The summed E-state index contributed by atoms with van der Waals surface area (Å²) < 4.78 is 23.0. The van der Waals surface area contributed by atoms with Crippen molar-refractivity contribution in [1.82, 2.24) is 5.32 Å². The molecule has 0 saturated heterocycles. The summed E-state index contributed by atoms with van der Waals surface area (Å²) in [5, 5.41) is 8.23. The maximum Gasteiger partial charge on any atom is 0.252 e. The maximum absolute atomic E-state index is 12.3. The van der Waals surface area contributed by atoms with Crippen molar-refractivity contribution in [3.05, 3.63) is 28.3 Å². The Labute approximate surface area is 123 Å². The molecular weight excluding hydrogens is 300 g/mol. The van der Waals surface area contributed by atoms with Gasteiger partial charge < -0.3 is 5.32 Å². The molecule has 0 aromatic heterocycles. The standard InChI is InChI=1S/C13H17ClN2O3S/c1-8-10(12(17)16-13(2)4-3-5-13)6-9(14)7-11(8)20(15,18)19/h6-7H,3-5H2,1-2H3,(H,16,17)(H2,15,18,19). The number of nitrogens with one attached hydrogen (secondary N) is 1. The predicted octanol–water partition coefficient (Wildman–Crippen LogP) is 1.97. The van der Waals surface area contributed by atoms with Gasteiger partial charge >= 0.3 is 0 Å². The van der Waals surface area contributed by atoms with Crippen LogP contribution in [0.2, 0.25) is 5.02 Å². The van der Waals surface area contributed by atoms with Crippen LogP contribution in [0.15, 0.2) is 17.0 Å². The van der Waals surface area contributed by atoms with Crippen LogP contribution in [-0.2, 0) is 10.0 Å². The fourth-order valence-electron chi connectivity index (χ4n) is 2.36. The number of hydrogen-bond acceptors (Lipinski definition) is 3. The number of benzene rings is 1. The first-order valence-corrected chi connectivity index (χ1v) is 8.20. The minimum absolute atomic E-state index is 0.117. The highest BCUT2D eigenvalue weighted by molar-refractivity contribution is 7.89. The van der Waals surface area contributed by atoms with E-state index in [1.807, 2.05) is 6.92 Å². The van der Waals surface area contributed by atoms with Crippen LogP contribution < -0.4 is 10.5 Å². The van der Waals surface area contributed by atoms with Crippen LogP contribution in [0, 0.1) is 6.92 Å². The molecule has 0 radical (unpaired) electrons. The second kappa shape index (κ2) is 5.02. The summed E-state index contributed by atoms with van der Waals surface area (Å²) in [6.45, 7) is 3.52. The highest BCUT2D eigenvalue weighted by Crippen LogP contribution is 2.32. The number of halogens is 1. The van der Waals surface area contributed by atoms with E-state index in [4.69, 9.17) is 16.7 Å². The van der Waals surface area contributed by atoms with Gasteiger partial charge in [0.2, 0.25) is 10.0 Å². The lowest BCUT2D eigenvalue weighted by molar-refractivity contribution is 0.0849. The number of carbonyl (C=O) groups excluding carboxylic acids is 1. The minimum atomic E-state index is -3.91. The van der Waals surface area contributed by atoms with Crippen LogP contribution in [0.5, 0.6) is 0 Å². The van der Waals surface area contributed by atoms with E-state index >= 15 is 0 Å². The van der Waals surface area contributed by atoms with Crippen LogP contribution >= 0.6 is 11.6 Å². The molecule has 110 valence electrons. The van der Waals surface area contributed by atoms with Gasteiger partial charge in [0.25, 0.3) is 5.91 Å². The Morgan fingerprint density at radius 2 is 2.00 bits per heavy atom. The molecule has 1 saturated carbocycles. The van der Waals surface area contributed by atoms with Gasteiger partial charge in [-0.15, -0.1) is 0 Å². The highest BCUT2D eigenvalue weighted by Gasteiger charge is 2.34. The van der Waals surface area contributed by atoms with E-state index in [2.05, 4.69) is 5.32 Å². The van der Waals surface area contributed by atoms with E-state index in [0.717, 1.165) is 19.3 Å². The first kappa shape index (κ1) is 15.3. The van der Waals surface area contributed by atoms with Crippen LogP contribution in [0.1, 0.15) is 42.1 Å². The van der Waals surface area contributed by atoms with Gasteiger partial charge in [-0.1, -0.05) is 11.6 Å². The van der Waals surface area contributed by atoms with E-state index in [1.54, 1.807) is 6.92 Å². The van der Waals surface area contributed by atoms with Gasteiger partial charge in [-0.2, -0.15) is 0 Å². The Morgan fingerprint density at radius 1 is 1.40 bits per heavy atom. The van der Waals surface area contributed by atoms with Gasteiger partial charge in [-0.05, 0) is 50.8 Å². The van der Waals surface area contributed by atoms with Crippen molar-refractivity contribution < 1.29 is 13.2 Å². The zero-order chi connectivity index (χ0) is 15.1. The quantitative estimate of drug-likeness (QED) is 0.893. The number of amides is 1. The second-order valence-electron chi connectivity index (χ2n) is 5.49. The van der Waals surface area contributed by atoms with Crippen molar-refractivity contribution in [3.8, 4) is 0 Å². The Morgan fingerprint density at radius 3 is 2.45 bits per heavy atom. The molecule has 2 rings (SSSR count). The predicted molar refractivity (Wildman–Crippen MR) is 77.3 cm³/mol. The largest absolute Gasteiger partial charge is 0.347 e. The van der Waals surface area contributed by atoms with Crippen LogP contribution in [0.4, 0.5) is 0 Å². The first-order valence-electron chi connectivity index (χ1n) is 6.28. The molecule has 1 amide bonds. The van der Waals surface area contributed by atoms with Crippen molar-refractivity contribution in [1.29, 1.82) is 0 Å². The number of hydrogen-bond donors (Lipinski definition) is 2. The minimum Gasteiger partial charge on any atom is -0.347 e. The van der Waals surface area contributed by atoms with Crippen molar-refractivity contribution in [2.75, 3.05) is 0 Å². The molecule has 1 aliphatic carbocycles. The number of primary sulfonamides is 1. The molecule has 3 N–H and O–H groups in total. The van der Waals surface area contributed by atoms with Crippen molar-refractivity contribution >= 4 is 27.5 Å². The SMILES string of the molecule is Cc1c(C(=O)NC2(C)CCC2)cc(Cl)cc1S(N)(=O)=O. The smallest absolute Gasteiger partial charge is 0.252 e. The normalized spacial score (nSPS) is 17.4. The maximum atomic E-state index is 12.3. The fourth-order valence-corrected chi connectivity index (χ4v) is 3.47. The molecule has 20 heavy (non-hydrogen) atoms. The van der Waals surface area contributed by atoms with Gasteiger partial charge in [-0.25, -0.2) is 13.6 Å². The third-order valence-electron chi connectivity index (χ3n) is 3.75. The Bertz CT molecular complexity index is 666. The van der Waals surface area contributed by atoms with E-state index < -0.39 is 10.0 Å². The third-order valence-corrected chi connectivity index (χ3v) is 5.00. The molecule has 0 bridgehead atoms. The van der Waals surface area contributed by atoms with Crippen molar-refractivity contribution in [2.45, 2.75) is 43.5 Å². The lowest BCUT2D eigenvalue weighted by atomic mass is 9.78. The molecule has 0 unspecified atom stereocenters. The summed E-state index contributed by atoms with van der Waals surface area (Å²) in [5.41, 5.74) is 0.347. The zero-order valence-electron chi connectivity index (χ0n) is 11.4. The molecular formula is C13H17ClN2O3S. The van der Waals surface area contributed by atoms with Gasteiger partial charge in [0.15, 0.2) is 0 Å². The van der Waals surface area contributed by atoms with Gasteiger partial charge in [0, 0.05) is 16.1 Å². The lowest BCUT2D eigenvalue weighted by Crippen LogP contribution is -2.51. The number of rotatable bonds is 3.